The Morgan fingerprint density at radius 2 is 2.06 bits per heavy atom. The molecule has 96 valence electrons. The molecule has 3 nitrogen and oxygen atoms in total. The number of nitrogens with one attached hydrogen (secondary N) is 1. The van der Waals surface area contributed by atoms with Crippen LogP contribution >= 0.6 is 0 Å². The number of rotatable bonds is 4. The van der Waals surface area contributed by atoms with E-state index in [1.807, 2.05) is 19.1 Å². The van der Waals surface area contributed by atoms with E-state index in [0.29, 0.717) is 12.6 Å². The van der Waals surface area contributed by atoms with E-state index in [1.54, 1.807) is 0 Å². The molecule has 18 heavy (non-hydrogen) atoms. The van der Waals surface area contributed by atoms with E-state index in [2.05, 4.69) is 16.4 Å². The molecule has 1 heterocycles. The Morgan fingerprint density at radius 3 is 2.78 bits per heavy atom. The van der Waals surface area contributed by atoms with Crippen molar-refractivity contribution in [3.05, 3.63) is 18.2 Å². The van der Waals surface area contributed by atoms with E-state index < -0.39 is 0 Å². The lowest BCUT2D eigenvalue weighted by Gasteiger charge is -2.11. The maximum atomic E-state index is 5.45. The standard InChI is InChI=1S/C15H20N2O/c1-2-18-12-5-3-4-11(16-12)17-15-13-9-6-7-10(8-9)14(13)15/h3-5,9-10,13-15H,2,6-8H2,1H3,(H,16,17). The minimum absolute atomic E-state index is 0.676. The van der Waals surface area contributed by atoms with Crippen LogP contribution in [0.25, 0.3) is 0 Å². The van der Waals surface area contributed by atoms with E-state index in [1.165, 1.54) is 19.3 Å². The van der Waals surface area contributed by atoms with Crippen molar-refractivity contribution < 1.29 is 4.74 Å². The third-order valence-electron chi connectivity index (χ3n) is 5.07. The zero-order chi connectivity index (χ0) is 12.1. The van der Waals surface area contributed by atoms with Crippen molar-refractivity contribution in [1.82, 2.24) is 4.98 Å². The van der Waals surface area contributed by atoms with Crippen LogP contribution < -0.4 is 10.1 Å². The molecule has 3 fully saturated rings. The van der Waals surface area contributed by atoms with Crippen molar-refractivity contribution in [2.75, 3.05) is 11.9 Å². The Morgan fingerprint density at radius 1 is 1.28 bits per heavy atom. The maximum absolute atomic E-state index is 5.45. The first kappa shape index (κ1) is 10.7. The summed E-state index contributed by atoms with van der Waals surface area (Å²) in [4.78, 5) is 4.51. The van der Waals surface area contributed by atoms with Gasteiger partial charge in [-0.15, -0.1) is 0 Å². The summed E-state index contributed by atoms with van der Waals surface area (Å²) in [6.07, 6.45) is 4.44. The smallest absolute Gasteiger partial charge is 0.215 e. The van der Waals surface area contributed by atoms with Gasteiger partial charge in [0.25, 0.3) is 0 Å². The van der Waals surface area contributed by atoms with E-state index in [0.717, 1.165) is 35.4 Å². The molecule has 0 spiro atoms. The monoisotopic (exact) mass is 244 g/mol. The van der Waals surface area contributed by atoms with Crippen LogP contribution in [0.3, 0.4) is 0 Å². The van der Waals surface area contributed by atoms with Crippen LogP contribution in [0.2, 0.25) is 0 Å². The highest BCUT2D eigenvalue weighted by atomic mass is 16.5. The molecule has 0 aliphatic heterocycles. The molecule has 1 aromatic rings. The fraction of sp³-hybridized carbons (Fsp3) is 0.667. The second kappa shape index (κ2) is 3.87. The van der Waals surface area contributed by atoms with Crippen molar-refractivity contribution in [3.63, 3.8) is 0 Å². The van der Waals surface area contributed by atoms with Crippen LogP contribution in [0.4, 0.5) is 5.82 Å². The van der Waals surface area contributed by atoms with E-state index >= 15 is 0 Å². The maximum Gasteiger partial charge on any atom is 0.215 e. The van der Waals surface area contributed by atoms with Gasteiger partial charge in [-0.05, 0) is 55.9 Å². The highest BCUT2D eigenvalue weighted by molar-refractivity contribution is 5.42. The fourth-order valence-electron chi connectivity index (χ4n) is 4.41. The highest BCUT2D eigenvalue weighted by Gasteiger charge is 2.65. The molecule has 4 atom stereocenters. The molecule has 0 saturated heterocycles. The van der Waals surface area contributed by atoms with Gasteiger partial charge in [-0.3, -0.25) is 0 Å². The molecule has 0 amide bonds. The summed E-state index contributed by atoms with van der Waals surface area (Å²) in [6, 6.07) is 6.69. The average Bonchev–Trinajstić information content (AvgIpc) is 2.79. The second-order valence-corrected chi connectivity index (χ2v) is 5.95. The summed E-state index contributed by atoms with van der Waals surface area (Å²) in [5.41, 5.74) is 0. The topological polar surface area (TPSA) is 34.1 Å². The lowest BCUT2D eigenvalue weighted by Crippen LogP contribution is -2.13. The number of hydrogen-bond acceptors (Lipinski definition) is 3. The lowest BCUT2D eigenvalue weighted by atomic mass is 10.0. The van der Waals surface area contributed by atoms with Gasteiger partial charge in [-0.25, -0.2) is 0 Å². The molecule has 3 aliphatic carbocycles. The van der Waals surface area contributed by atoms with Gasteiger partial charge in [0, 0.05) is 12.1 Å². The Kier molecular flexibility index (Phi) is 2.29. The molecule has 3 heteroatoms. The number of pyridine rings is 1. The van der Waals surface area contributed by atoms with Gasteiger partial charge in [-0.2, -0.15) is 4.98 Å². The van der Waals surface area contributed by atoms with Crippen molar-refractivity contribution in [2.24, 2.45) is 23.7 Å². The highest BCUT2D eigenvalue weighted by Crippen LogP contribution is 2.66. The molecule has 2 bridgehead atoms. The minimum atomic E-state index is 0.676. The molecular weight excluding hydrogens is 224 g/mol. The van der Waals surface area contributed by atoms with Crippen LogP contribution in [0.1, 0.15) is 26.2 Å². The fourth-order valence-corrected chi connectivity index (χ4v) is 4.41. The predicted molar refractivity (Wildman–Crippen MR) is 70.6 cm³/mol. The third kappa shape index (κ3) is 1.53. The van der Waals surface area contributed by atoms with Gasteiger partial charge >= 0.3 is 0 Å². The average molecular weight is 244 g/mol. The van der Waals surface area contributed by atoms with Crippen molar-refractivity contribution in [1.29, 1.82) is 0 Å². The van der Waals surface area contributed by atoms with Crippen molar-refractivity contribution in [3.8, 4) is 5.88 Å². The van der Waals surface area contributed by atoms with Gasteiger partial charge in [0.1, 0.15) is 5.82 Å². The quantitative estimate of drug-likeness (QED) is 0.884. The van der Waals surface area contributed by atoms with E-state index in [9.17, 15) is 0 Å². The predicted octanol–water partition coefficient (Wildman–Crippen LogP) is 2.94. The number of nitrogens with zero attached hydrogens (tertiary/aromatic N) is 1. The summed E-state index contributed by atoms with van der Waals surface area (Å²) >= 11 is 0. The third-order valence-corrected chi connectivity index (χ3v) is 5.07. The molecule has 3 saturated carbocycles. The van der Waals surface area contributed by atoms with Crippen LogP contribution in [-0.4, -0.2) is 17.6 Å². The molecule has 0 radical (unpaired) electrons. The van der Waals surface area contributed by atoms with Crippen molar-refractivity contribution in [2.45, 2.75) is 32.2 Å². The number of anilines is 1. The number of ether oxygens (including phenoxy) is 1. The Labute approximate surface area is 108 Å². The van der Waals surface area contributed by atoms with E-state index in [4.69, 9.17) is 4.74 Å². The van der Waals surface area contributed by atoms with Gasteiger partial charge in [-0.1, -0.05) is 6.07 Å². The summed E-state index contributed by atoms with van der Waals surface area (Å²) in [6.45, 7) is 2.67. The summed E-state index contributed by atoms with van der Waals surface area (Å²) < 4.78 is 5.45. The molecule has 3 aliphatic rings. The largest absolute Gasteiger partial charge is 0.478 e. The Bertz CT molecular complexity index is 446. The van der Waals surface area contributed by atoms with Crippen LogP contribution in [-0.2, 0) is 0 Å². The first-order chi connectivity index (χ1) is 8.86. The number of hydrogen-bond donors (Lipinski definition) is 1. The zero-order valence-electron chi connectivity index (χ0n) is 10.8. The van der Waals surface area contributed by atoms with Gasteiger partial charge < -0.3 is 10.1 Å². The van der Waals surface area contributed by atoms with Gasteiger partial charge in [0.05, 0.1) is 6.61 Å². The summed E-state index contributed by atoms with van der Waals surface area (Å²) in [5, 5.41) is 3.63. The molecule has 4 rings (SSSR count). The van der Waals surface area contributed by atoms with Crippen LogP contribution in [0, 0.1) is 23.7 Å². The number of fused-ring (bicyclic) bond motifs is 5. The first-order valence-electron chi connectivity index (χ1n) is 7.23. The Balaban J connectivity index is 1.45. The number of aromatic nitrogens is 1. The Hall–Kier alpha value is -1.25. The first-order valence-corrected chi connectivity index (χ1v) is 7.23. The molecule has 1 N–H and O–H groups in total. The normalized spacial score (nSPS) is 39.5. The summed E-state index contributed by atoms with van der Waals surface area (Å²) in [5.74, 6) is 5.62. The van der Waals surface area contributed by atoms with E-state index in [-0.39, 0.29) is 0 Å². The molecule has 0 aromatic carbocycles. The SMILES string of the molecule is CCOc1cccc(NC2C3C4CCC(C4)C23)n1. The minimum Gasteiger partial charge on any atom is -0.478 e. The van der Waals surface area contributed by atoms with Gasteiger partial charge in [0.15, 0.2) is 0 Å². The van der Waals surface area contributed by atoms with Crippen molar-refractivity contribution >= 4 is 5.82 Å². The van der Waals surface area contributed by atoms with Crippen LogP contribution in [0.15, 0.2) is 18.2 Å². The molecule has 4 unspecified atom stereocenters. The van der Waals surface area contributed by atoms with Gasteiger partial charge in [0.2, 0.25) is 5.88 Å². The zero-order valence-corrected chi connectivity index (χ0v) is 10.8. The van der Waals surface area contributed by atoms with Crippen LogP contribution in [0.5, 0.6) is 5.88 Å². The molecule has 1 aromatic heterocycles. The molecular formula is C15H20N2O. The lowest BCUT2D eigenvalue weighted by molar-refractivity contribution is 0.327. The second-order valence-electron chi connectivity index (χ2n) is 5.95. The summed E-state index contributed by atoms with van der Waals surface area (Å²) in [7, 11) is 0.